The number of rotatable bonds is 4. The van der Waals surface area contributed by atoms with E-state index >= 15 is 0 Å². The van der Waals surface area contributed by atoms with Crippen LogP contribution in [0.15, 0.2) is 83.8 Å². The molecule has 0 saturated heterocycles. The molecule has 0 fully saturated rings. The summed E-state index contributed by atoms with van der Waals surface area (Å²) in [5.74, 6) is 0.0885. The fourth-order valence-electron chi connectivity index (χ4n) is 3.72. The van der Waals surface area contributed by atoms with Gasteiger partial charge in [-0.25, -0.2) is 8.42 Å². The van der Waals surface area contributed by atoms with Gasteiger partial charge in [0.2, 0.25) is 10.0 Å². The maximum absolute atomic E-state index is 13.4. The zero-order valence-corrected chi connectivity index (χ0v) is 16.0. The Hall–Kier alpha value is -2.67. The highest BCUT2D eigenvalue weighted by molar-refractivity contribution is 7.89. The standard InChI is InChI=1S/C22H21NO4S/c24-20-12-6-4-10-17(20)14-19-22(25)18-11-5-7-13-21(18)28(26,27)23(19)15-16-8-2-1-3-9-16/h1-13,19,22,24-25H,14-15H2/t19-,22-/m0/s1. The van der Waals surface area contributed by atoms with E-state index in [2.05, 4.69) is 0 Å². The van der Waals surface area contributed by atoms with E-state index in [1.54, 1.807) is 42.5 Å². The zero-order valence-electron chi connectivity index (χ0n) is 15.1. The Kier molecular flexibility index (Phi) is 4.93. The summed E-state index contributed by atoms with van der Waals surface area (Å²) in [6, 6.07) is 21.9. The second kappa shape index (κ2) is 7.39. The number of benzene rings is 3. The Balaban J connectivity index is 1.81. The van der Waals surface area contributed by atoms with E-state index in [0.717, 1.165) is 5.56 Å². The number of para-hydroxylation sites is 1. The van der Waals surface area contributed by atoms with E-state index in [0.29, 0.717) is 11.1 Å². The van der Waals surface area contributed by atoms with Gasteiger partial charge in [-0.2, -0.15) is 4.31 Å². The minimum Gasteiger partial charge on any atom is -0.508 e. The number of aliphatic hydroxyl groups is 1. The van der Waals surface area contributed by atoms with Crippen molar-refractivity contribution >= 4 is 10.0 Å². The number of hydrogen-bond acceptors (Lipinski definition) is 4. The normalized spacial score (nSPS) is 21.2. The summed E-state index contributed by atoms with van der Waals surface area (Å²) in [6.45, 7) is 0.146. The Morgan fingerprint density at radius 2 is 1.50 bits per heavy atom. The first-order valence-electron chi connectivity index (χ1n) is 9.08. The van der Waals surface area contributed by atoms with Crippen LogP contribution < -0.4 is 0 Å². The topological polar surface area (TPSA) is 77.8 Å². The third kappa shape index (κ3) is 3.30. The van der Waals surface area contributed by atoms with Crippen molar-refractivity contribution in [1.29, 1.82) is 0 Å². The molecular weight excluding hydrogens is 374 g/mol. The van der Waals surface area contributed by atoms with Gasteiger partial charge in [-0.15, -0.1) is 0 Å². The van der Waals surface area contributed by atoms with Gasteiger partial charge in [-0.05, 0) is 29.7 Å². The van der Waals surface area contributed by atoms with Crippen LogP contribution in [0.1, 0.15) is 22.8 Å². The molecule has 0 radical (unpaired) electrons. The molecule has 0 spiro atoms. The Labute approximate surface area is 164 Å². The lowest BCUT2D eigenvalue weighted by atomic mass is 9.95. The summed E-state index contributed by atoms with van der Waals surface area (Å²) in [4.78, 5) is 0.131. The molecule has 1 aliphatic heterocycles. The third-order valence-electron chi connectivity index (χ3n) is 5.16. The lowest BCUT2D eigenvalue weighted by Crippen LogP contribution is -2.48. The van der Waals surface area contributed by atoms with Gasteiger partial charge in [-0.1, -0.05) is 66.7 Å². The van der Waals surface area contributed by atoms with Crippen molar-refractivity contribution in [2.24, 2.45) is 0 Å². The van der Waals surface area contributed by atoms with E-state index in [4.69, 9.17) is 0 Å². The van der Waals surface area contributed by atoms with Crippen molar-refractivity contribution < 1.29 is 18.6 Å². The van der Waals surface area contributed by atoms with Gasteiger partial charge < -0.3 is 10.2 Å². The molecule has 2 atom stereocenters. The molecule has 5 nitrogen and oxygen atoms in total. The highest BCUT2D eigenvalue weighted by Gasteiger charge is 2.43. The Morgan fingerprint density at radius 3 is 2.25 bits per heavy atom. The Morgan fingerprint density at radius 1 is 0.857 bits per heavy atom. The predicted octanol–water partition coefficient (Wildman–Crippen LogP) is 3.24. The first-order valence-corrected chi connectivity index (χ1v) is 10.5. The van der Waals surface area contributed by atoms with Crippen LogP contribution in [0.25, 0.3) is 0 Å². The summed E-state index contributed by atoms with van der Waals surface area (Å²) in [5.41, 5.74) is 1.83. The second-order valence-corrected chi connectivity index (χ2v) is 8.78. The van der Waals surface area contributed by atoms with Crippen LogP contribution in [0.4, 0.5) is 0 Å². The van der Waals surface area contributed by atoms with E-state index < -0.39 is 22.2 Å². The molecule has 6 heteroatoms. The lowest BCUT2D eigenvalue weighted by molar-refractivity contribution is 0.0766. The quantitative estimate of drug-likeness (QED) is 0.711. The fraction of sp³-hybridized carbons (Fsp3) is 0.182. The zero-order chi connectivity index (χ0) is 19.7. The van der Waals surface area contributed by atoms with Crippen molar-refractivity contribution in [2.45, 2.75) is 30.0 Å². The predicted molar refractivity (Wildman–Crippen MR) is 106 cm³/mol. The molecular formula is C22H21NO4S. The van der Waals surface area contributed by atoms with Gasteiger partial charge in [0, 0.05) is 12.1 Å². The summed E-state index contributed by atoms with van der Waals surface area (Å²) >= 11 is 0. The summed E-state index contributed by atoms with van der Waals surface area (Å²) in [5, 5.41) is 21.2. The van der Waals surface area contributed by atoms with Crippen LogP contribution in [0.3, 0.4) is 0 Å². The number of sulfonamides is 1. The number of fused-ring (bicyclic) bond motifs is 1. The van der Waals surface area contributed by atoms with Gasteiger partial charge in [0.25, 0.3) is 0 Å². The van der Waals surface area contributed by atoms with Crippen LogP contribution in [0, 0.1) is 0 Å². The van der Waals surface area contributed by atoms with Crippen molar-refractivity contribution in [3.8, 4) is 5.75 Å². The summed E-state index contributed by atoms with van der Waals surface area (Å²) < 4.78 is 28.1. The number of aromatic hydroxyl groups is 1. The molecule has 0 saturated carbocycles. The lowest BCUT2D eigenvalue weighted by Gasteiger charge is -2.39. The molecule has 4 rings (SSSR count). The number of phenols is 1. The molecule has 0 bridgehead atoms. The van der Waals surface area contributed by atoms with Gasteiger partial charge in [0.1, 0.15) is 5.75 Å². The molecule has 3 aromatic rings. The van der Waals surface area contributed by atoms with Crippen molar-refractivity contribution in [3.63, 3.8) is 0 Å². The van der Waals surface area contributed by atoms with Crippen molar-refractivity contribution in [1.82, 2.24) is 4.31 Å². The molecule has 1 aliphatic rings. The monoisotopic (exact) mass is 395 g/mol. The highest BCUT2D eigenvalue weighted by atomic mass is 32.2. The Bertz CT molecular complexity index is 1080. The van der Waals surface area contributed by atoms with Crippen LogP contribution in [0.2, 0.25) is 0 Å². The smallest absolute Gasteiger partial charge is 0.244 e. The minimum atomic E-state index is -3.80. The van der Waals surface area contributed by atoms with Gasteiger partial charge in [-0.3, -0.25) is 0 Å². The highest BCUT2D eigenvalue weighted by Crippen LogP contribution is 2.39. The molecule has 0 unspecified atom stereocenters. The first-order chi connectivity index (χ1) is 13.5. The van der Waals surface area contributed by atoms with Crippen LogP contribution in [-0.4, -0.2) is 29.0 Å². The maximum atomic E-state index is 13.4. The molecule has 0 aliphatic carbocycles. The minimum absolute atomic E-state index is 0.0885. The van der Waals surface area contributed by atoms with E-state index in [1.165, 1.54) is 10.4 Å². The number of hydrogen-bond donors (Lipinski definition) is 2. The molecule has 2 N–H and O–H groups in total. The summed E-state index contributed by atoms with van der Waals surface area (Å²) in [6.07, 6.45) is -0.795. The second-order valence-electron chi connectivity index (χ2n) is 6.92. The average molecular weight is 395 g/mol. The van der Waals surface area contributed by atoms with E-state index in [1.807, 2.05) is 30.3 Å². The first kappa shape index (κ1) is 18.7. The molecule has 0 aromatic heterocycles. The van der Waals surface area contributed by atoms with Gasteiger partial charge in [0.15, 0.2) is 0 Å². The van der Waals surface area contributed by atoms with Crippen molar-refractivity contribution in [3.05, 3.63) is 95.6 Å². The summed E-state index contributed by atoms with van der Waals surface area (Å²) in [7, 11) is -3.80. The number of nitrogens with zero attached hydrogens (tertiary/aromatic N) is 1. The molecule has 1 heterocycles. The van der Waals surface area contributed by atoms with E-state index in [9.17, 15) is 18.6 Å². The third-order valence-corrected chi connectivity index (χ3v) is 7.11. The molecule has 144 valence electrons. The van der Waals surface area contributed by atoms with Crippen molar-refractivity contribution in [2.75, 3.05) is 0 Å². The maximum Gasteiger partial charge on any atom is 0.244 e. The van der Waals surface area contributed by atoms with Crippen LogP contribution >= 0.6 is 0 Å². The van der Waals surface area contributed by atoms with Gasteiger partial charge >= 0.3 is 0 Å². The SMILES string of the molecule is O=S1(=O)c2ccccc2[C@H](O)[C@H](Cc2ccccc2O)N1Cc1ccccc1. The molecule has 28 heavy (non-hydrogen) atoms. The van der Waals surface area contributed by atoms with Crippen LogP contribution in [-0.2, 0) is 23.0 Å². The number of phenolic OH excluding ortho intramolecular Hbond substituents is 1. The average Bonchev–Trinajstić information content (AvgIpc) is 2.71. The van der Waals surface area contributed by atoms with Gasteiger partial charge in [0.05, 0.1) is 17.0 Å². The molecule has 3 aromatic carbocycles. The molecule has 0 amide bonds. The van der Waals surface area contributed by atoms with E-state index in [-0.39, 0.29) is 23.6 Å². The fourth-order valence-corrected chi connectivity index (χ4v) is 5.57. The number of aliphatic hydroxyl groups excluding tert-OH is 1. The largest absolute Gasteiger partial charge is 0.508 e. The van der Waals surface area contributed by atoms with Crippen LogP contribution in [0.5, 0.6) is 5.75 Å².